The first kappa shape index (κ1) is 12.5. The predicted molar refractivity (Wildman–Crippen MR) is 65.5 cm³/mol. The lowest BCUT2D eigenvalue weighted by Crippen LogP contribution is -2.18. The molecule has 16 heavy (non-hydrogen) atoms. The quantitative estimate of drug-likeness (QED) is 0.826. The van der Waals surface area contributed by atoms with E-state index in [1.54, 1.807) is 7.11 Å². The van der Waals surface area contributed by atoms with Gasteiger partial charge in [0.25, 0.3) is 0 Å². The topological polar surface area (TPSA) is 45.0 Å². The maximum atomic E-state index is 9.02. The molecular weight excluding hydrogens is 200 g/mol. The highest BCUT2D eigenvalue weighted by Crippen LogP contribution is 2.20. The van der Waals surface area contributed by atoms with Gasteiger partial charge in [0.2, 0.25) is 0 Å². The molecule has 0 bridgehead atoms. The second kappa shape index (κ2) is 6.14. The molecule has 0 saturated heterocycles. The fourth-order valence-electron chi connectivity index (χ4n) is 1.57. The molecule has 0 aromatic heterocycles. The number of anilines is 1. The summed E-state index contributed by atoms with van der Waals surface area (Å²) in [5.74, 6) is 0. The Morgan fingerprint density at radius 1 is 1.50 bits per heavy atom. The summed E-state index contributed by atoms with van der Waals surface area (Å²) in [4.78, 5) is 0. The van der Waals surface area contributed by atoms with Gasteiger partial charge in [0, 0.05) is 19.8 Å². The van der Waals surface area contributed by atoms with Crippen molar-refractivity contribution in [3.63, 3.8) is 0 Å². The molecule has 0 radical (unpaired) electrons. The zero-order chi connectivity index (χ0) is 12.0. The normalized spacial score (nSPS) is 11.9. The highest BCUT2D eigenvalue weighted by Gasteiger charge is 2.08. The van der Waals surface area contributed by atoms with Crippen LogP contribution in [-0.4, -0.2) is 19.8 Å². The monoisotopic (exact) mass is 218 g/mol. The van der Waals surface area contributed by atoms with Crippen LogP contribution in [0.25, 0.3) is 0 Å². The number of nitrogens with zero attached hydrogens (tertiary/aromatic N) is 1. The Balaban J connectivity index is 2.76. The first-order valence-corrected chi connectivity index (χ1v) is 5.44. The molecule has 1 aromatic carbocycles. The number of ether oxygens (including phenoxy) is 1. The number of para-hydroxylation sites is 1. The molecule has 0 aliphatic carbocycles. The van der Waals surface area contributed by atoms with Crippen molar-refractivity contribution in [2.75, 3.05) is 19.0 Å². The second-order valence-corrected chi connectivity index (χ2v) is 3.94. The Bertz CT molecular complexity index is 382. The first-order chi connectivity index (χ1) is 7.69. The summed E-state index contributed by atoms with van der Waals surface area (Å²) in [7, 11) is 1.70. The minimum Gasteiger partial charge on any atom is -0.385 e. The van der Waals surface area contributed by atoms with Crippen LogP contribution in [0.5, 0.6) is 0 Å². The van der Waals surface area contributed by atoms with Crippen molar-refractivity contribution in [1.82, 2.24) is 0 Å². The third kappa shape index (κ3) is 3.25. The van der Waals surface area contributed by atoms with Crippen LogP contribution in [0.2, 0.25) is 0 Å². The van der Waals surface area contributed by atoms with Crippen molar-refractivity contribution in [1.29, 1.82) is 5.26 Å². The Hall–Kier alpha value is -1.53. The van der Waals surface area contributed by atoms with Gasteiger partial charge in [-0.15, -0.1) is 0 Å². The predicted octanol–water partition coefficient (Wildman–Crippen LogP) is 2.70. The van der Waals surface area contributed by atoms with E-state index in [0.717, 1.165) is 24.3 Å². The molecule has 0 amide bonds. The summed E-state index contributed by atoms with van der Waals surface area (Å²) in [5, 5.41) is 12.4. The molecule has 1 aromatic rings. The van der Waals surface area contributed by atoms with Gasteiger partial charge in [-0.2, -0.15) is 5.26 Å². The van der Waals surface area contributed by atoms with E-state index in [1.165, 1.54) is 0 Å². The van der Waals surface area contributed by atoms with E-state index >= 15 is 0 Å². The van der Waals surface area contributed by atoms with Crippen LogP contribution in [0.4, 0.5) is 5.69 Å². The molecule has 3 nitrogen and oxygen atoms in total. The fraction of sp³-hybridized carbons (Fsp3) is 0.462. The van der Waals surface area contributed by atoms with Gasteiger partial charge >= 0.3 is 0 Å². The fourth-order valence-corrected chi connectivity index (χ4v) is 1.57. The van der Waals surface area contributed by atoms with Crippen LogP contribution >= 0.6 is 0 Å². The molecule has 1 N–H and O–H groups in total. The highest BCUT2D eigenvalue weighted by atomic mass is 16.5. The van der Waals surface area contributed by atoms with E-state index in [0.29, 0.717) is 11.6 Å². The molecule has 0 saturated carbocycles. The SMILES string of the molecule is COCCC(C)Nc1c(C)cccc1C#N. The number of methoxy groups -OCH3 is 1. The van der Waals surface area contributed by atoms with Crippen molar-refractivity contribution in [2.45, 2.75) is 26.3 Å². The number of hydrogen-bond donors (Lipinski definition) is 1. The van der Waals surface area contributed by atoms with Crippen LogP contribution in [0.1, 0.15) is 24.5 Å². The van der Waals surface area contributed by atoms with Gasteiger partial charge in [0.05, 0.1) is 11.3 Å². The van der Waals surface area contributed by atoms with Gasteiger partial charge in [0.1, 0.15) is 6.07 Å². The summed E-state index contributed by atoms with van der Waals surface area (Å²) < 4.78 is 5.03. The maximum Gasteiger partial charge on any atom is 0.101 e. The Morgan fingerprint density at radius 2 is 2.25 bits per heavy atom. The Morgan fingerprint density at radius 3 is 2.88 bits per heavy atom. The molecule has 1 atom stereocenters. The summed E-state index contributed by atoms with van der Waals surface area (Å²) in [6.45, 7) is 4.82. The molecule has 1 unspecified atom stereocenters. The largest absolute Gasteiger partial charge is 0.385 e. The van der Waals surface area contributed by atoms with Crippen LogP contribution < -0.4 is 5.32 Å². The first-order valence-electron chi connectivity index (χ1n) is 5.44. The van der Waals surface area contributed by atoms with Crippen LogP contribution in [0, 0.1) is 18.3 Å². The smallest absolute Gasteiger partial charge is 0.101 e. The molecule has 0 fully saturated rings. The van der Waals surface area contributed by atoms with Gasteiger partial charge in [-0.05, 0) is 31.9 Å². The Kier molecular flexibility index (Phi) is 4.81. The molecule has 0 aliphatic heterocycles. The van der Waals surface area contributed by atoms with E-state index in [-0.39, 0.29) is 0 Å². The third-order valence-electron chi connectivity index (χ3n) is 2.54. The van der Waals surface area contributed by atoms with Crippen LogP contribution in [0.15, 0.2) is 18.2 Å². The summed E-state index contributed by atoms with van der Waals surface area (Å²) in [5.41, 5.74) is 2.74. The number of nitriles is 1. The lowest BCUT2D eigenvalue weighted by Gasteiger charge is -2.17. The minimum absolute atomic E-state index is 0.299. The molecule has 0 spiro atoms. The molecular formula is C13H18N2O. The zero-order valence-electron chi connectivity index (χ0n) is 10.1. The van der Waals surface area contributed by atoms with E-state index in [2.05, 4.69) is 18.3 Å². The highest BCUT2D eigenvalue weighted by molar-refractivity contribution is 5.62. The number of benzene rings is 1. The van der Waals surface area contributed by atoms with Crippen molar-refractivity contribution in [3.05, 3.63) is 29.3 Å². The molecule has 0 aliphatic rings. The maximum absolute atomic E-state index is 9.02. The number of hydrogen-bond acceptors (Lipinski definition) is 3. The van der Waals surface area contributed by atoms with Gasteiger partial charge in [-0.3, -0.25) is 0 Å². The number of aryl methyl sites for hydroxylation is 1. The van der Waals surface area contributed by atoms with Gasteiger partial charge in [-0.25, -0.2) is 0 Å². The van der Waals surface area contributed by atoms with Crippen molar-refractivity contribution >= 4 is 5.69 Å². The standard InChI is InChI=1S/C13H18N2O/c1-10-5-4-6-12(9-14)13(10)15-11(2)7-8-16-3/h4-6,11,15H,7-8H2,1-3H3. The lowest BCUT2D eigenvalue weighted by molar-refractivity contribution is 0.191. The Labute approximate surface area is 97.0 Å². The average Bonchev–Trinajstić information content (AvgIpc) is 2.29. The summed E-state index contributed by atoms with van der Waals surface area (Å²) >= 11 is 0. The van der Waals surface area contributed by atoms with E-state index < -0.39 is 0 Å². The molecule has 3 heteroatoms. The summed E-state index contributed by atoms with van der Waals surface area (Å²) in [6, 6.07) is 8.24. The zero-order valence-corrected chi connectivity index (χ0v) is 10.1. The molecule has 0 heterocycles. The van der Waals surface area contributed by atoms with Crippen molar-refractivity contribution < 1.29 is 4.74 Å². The minimum atomic E-state index is 0.299. The van der Waals surface area contributed by atoms with Gasteiger partial charge < -0.3 is 10.1 Å². The van der Waals surface area contributed by atoms with Gasteiger partial charge in [0.15, 0.2) is 0 Å². The number of nitrogens with one attached hydrogen (secondary N) is 1. The van der Waals surface area contributed by atoms with Crippen molar-refractivity contribution in [2.24, 2.45) is 0 Å². The molecule has 86 valence electrons. The second-order valence-electron chi connectivity index (χ2n) is 3.94. The van der Waals surface area contributed by atoms with E-state index in [1.807, 2.05) is 25.1 Å². The van der Waals surface area contributed by atoms with Crippen LogP contribution in [-0.2, 0) is 4.74 Å². The van der Waals surface area contributed by atoms with Crippen LogP contribution in [0.3, 0.4) is 0 Å². The van der Waals surface area contributed by atoms with E-state index in [9.17, 15) is 0 Å². The van der Waals surface area contributed by atoms with Crippen molar-refractivity contribution in [3.8, 4) is 6.07 Å². The summed E-state index contributed by atoms with van der Waals surface area (Å²) in [6.07, 6.45) is 0.926. The third-order valence-corrected chi connectivity index (χ3v) is 2.54. The number of rotatable bonds is 5. The van der Waals surface area contributed by atoms with E-state index in [4.69, 9.17) is 10.00 Å². The van der Waals surface area contributed by atoms with Gasteiger partial charge in [-0.1, -0.05) is 12.1 Å². The molecule has 1 rings (SSSR count). The average molecular weight is 218 g/mol. The lowest BCUT2D eigenvalue weighted by atomic mass is 10.1.